The molecule has 4 saturated heterocycles. The van der Waals surface area contributed by atoms with E-state index in [4.69, 9.17) is 37.7 Å². The number of hydrogen-bond acceptors (Lipinski definition) is 13. The summed E-state index contributed by atoms with van der Waals surface area (Å²) in [6, 6.07) is 20.7. The Labute approximate surface area is 394 Å². The van der Waals surface area contributed by atoms with Gasteiger partial charge in [-0.1, -0.05) is 37.6 Å². The van der Waals surface area contributed by atoms with Crippen LogP contribution in [0.2, 0.25) is 5.02 Å². The van der Waals surface area contributed by atoms with E-state index in [1.807, 2.05) is 48.5 Å². The van der Waals surface area contributed by atoms with Crippen LogP contribution < -0.4 is 24.6 Å². The van der Waals surface area contributed by atoms with Crippen molar-refractivity contribution in [3.05, 3.63) is 105 Å². The van der Waals surface area contributed by atoms with Crippen LogP contribution in [0.15, 0.2) is 66.9 Å². The smallest absolute Gasteiger partial charge is 0.262 e. The number of carbonyl (C=O) groups is 4. The number of amides is 4. The van der Waals surface area contributed by atoms with E-state index in [1.54, 1.807) is 18.3 Å². The molecule has 0 radical (unpaired) electrons. The molecule has 3 aromatic carbocycles. The highest BCUT2D eigenvalue weighted by Gasteiger charge is 2.45. The van der Waals surface area contributed by atoms with Crippen molar-refractivity contribution >= 4 is 58.5 Å². The predicted octanol–water partition coefficient (Wildman–Crippen LogP) is 5.65. The third kappa shape index (κ3) is 9.29. The fourth-order valence-electron chi connectivity index (χ4n) is 9.90. The first-order valence-electron chi connectivity index (χ1n) is 22.7. The molecule has 66 heavy (non-hydrogen) atoms. The first-order chi connectivity index (χ1) is 31.9. The fourth-order valence-corrected chi connectivity index (χ4v) is 10.3. The van der Waals surface area contributed by atoms with Crippen molar-refractivity contribution in [2.24, 2.45) is 5.92 Å². The molecular weight excluding hydrogens is 882 g/mol. The van der Waals surface area contributed by atoms with Crippen LogP contribution in [-0.2, 0) is 21.6 Å². The van der Waals surface area contributed by atoms with Crippen molar-refractivity contribution in [2.45, 2.75) is 63.6 Å². The predicted molar refractivity (Wildman–Crippen MR) is 249 cm³/mol. The molecule has 17 heteroatoms. The van der Waals surface area contributed by atoms with Gasteiger partial charge in [0.15, 0.2) is 5.75 Å². The second kappa shape index (κ2) is 19.2. The first kappa shape index (κ1) is 45.4. The van der Waals surface area contributed by atoms with Crippen LogP contribution in [-0.4, -0.2) is 132 Å². The summed E-state index contributed by atoms with van der Waals surface area (Å²) in [5.74, 6) is 0.669. The Kier molecular flexibility index (Phi) is 13.2. The minimum Gasteiger partial charge on any atom is -0.489 e. The third-order valence-corrected chi connectivity index (χ3v) is 14.2. The average molecular weight is 935 g/mol. The van der Waals surface area contributed by atoms with E-state index in [2.05, 4.69) is 49.8 Å². The molecule has 9 rings (SSSR count). The third-order valence-electron chi connectivity index (χ3n) is 13.8. The monoisotopic (exact) mass is 933 g/mol. The van der Waals surface area contributed by atoms with Gasteiger partial charge in [-0.05, 0) is 92.0 Å². The second-order valence-electron chi connectivity index (χ2n) is 18.3. The topological polar surface area (TPSA) is 165 Å². The number of rotatable bonds is 14. The summed E-state index contributed by atoms with van der Waals surface area (Å²) in [5.41, 5.74) is 4.19. The Morgan fingerprint density at radius 2 is 1.59 bits per heavy atom. The van der Waals surface area contributed by atoms with E-state index in [0.29, 0.717) is 51.9 Å². The lowest BCUT2D eigenvalue weighted by atomic mass is 9.77. The molecule has 0 aliphatic carbocycles. The number of aromatic nitrogens is 2. The van der Waals surface area contributed by atoms with Gasteiger partial charge >= 0.3 is 0 Å². The van der Waals surface area contributed by atoms with Gasteiger partial charge in [0, 0.05) is 81.5 Å². The molecule has 4 fully saturated rings. The van der Waals surface area contributed by atoms with Gasteiger partial charge in [-0.15, -0.1) is 11.6 Å². The van der Waals surface area contributed by atoms with Crippen molar-refractivity contribution in [2.75, 3.05) is 81.2 Å². The quantitative estimate of drug-likeness (QED) is 0.122. The number of anilines is 2. The SMILES string of the molecule is CC(C)(c1ccc(OCc2ccnc(N3CCN(C4CCN(CC5CN(c6ccc7c(c6)C(=O)N(C6CCC(=O)NC6=O)C7=O)C5)CC4)CC3)n2)cc1)c1cc(Cl)c(OCCCl)c(C#N)c1. The summed E-state index contributed by atoms with van der Waals surface area (Å²) in [4.78, 5) is 70.7. The van der Waals surface area contributed by atoms with E-state index in [1.165, 1.54) is 0 Å². The number of imide groups is 2. The minimum absolute atomic E-state index is 0.0963. The summed E-state index contributed by atoms with van der Waals surface area (Å²) >= 11 is 12.3. The lowest BCUT2D eigenvalue weighted by molar-refractivity contribution is -0.136. The van der Waals surface area contributed by atoms with Crippen molar-refractivity contribution in [3.63, 3.8) is 0 Å². The van der Waals surface area contributed by atoms with Gasteiger partial charge in [0.25, 0.3) is 11.8 Å². The number of piperidine rings is 2. The lowest BCUT2D eigenvalue weighted by Gasteiger charge is -2.46. The zero-order valence-electron chi connectivity index (χ0n) is 37.2. The number of nitriles is 1. The number of benzene rings is 3. The van der Waals surface area contributed by atoms with Crippen LogP contribution in [0.1, 0.15) is 82.6 Å². The van der Waals surface area contributed by atoms with Crippen molar-refractivity contribution in [1.29, 1.82) is 5.26 Å². The van der Waals surface area contributed by atoms with E-state index >= 15 is 0 Å². The van der Waals surface area contributed by atoms with Crippen LogP contribution >= 0.6 is 23.2 Å². The molecule has 5 aliphatic rings. The molecule has 4 aromatic rings. The number of nitrogens with zero attached hydrogens (tertiary/aromatic N) is 8. The maximum Gasteiger partial charge on any atom is 0.262 e. The minimum atomic E-state index is -0.966. The molecule has 344 valence electrons. The number of fused-ring (bicyclic) bond motifs is 1. The zero-order chi connectivity index (χ0) is 46.1. The molecular formula is C49H53Cl2N9O6. The van der Waals surface area contributed by atoms with Crippen molar-refractivity contribution < 1.29 is 28.7 Å². The Bertz CT molecular complexity index is 2550. The summed E-state index contributed by atoms with van der Waals surface area (Å²) < 4.78 is 11.8. The number of halogens is 2. The number of alkyl halides is 1. The molecule has 0 spiro atoms. The van der Waals surface area contributed by atoms with Crippen molar-refractivity contribution in [1.82, 2.24) is 30.0 Å². The van der Waals surface area contributed by atoms with Gasteiger partial charge in [-0.25, -0.2) is 9.97 Å². The number of hydrogen-bond donors (Lipinski definition) is 1. The highest BCUT2D eigenvalue weighted by atomic mass is 35.5. The Morgan fingerprint density at radius 1 is 0.848 bits per heavy atom. The molecule has 1 aromatic heterocycles. The lowest BCUT2D eigenvalue weighted by Crippen LogP contribution is -2.56. The number of ether oxygens (including phenoxy) is 2. The first-order valence-corrected chi connectivity index (χ1v) is 23.6. The molecule has 5 aliphatic heterocycles. The molecule has 6 heterocycles. The average Bonchev–Trinajstić information content (AvgIpc) is 3.56. The number of carbonyl (C=O) groups excluding carboxylic acids is 4. The molecule has 4 amide bonds. The fraction of sp³-hybridized carbons (Fsp3) is 0.449. The zero-order valence-corrected chi connectivity index (χ0v) is 38.7. The van der Waals surface area contributed by atoms with Gasteiger partial charge < -0.3 is 24.2 Å². The molecule has 1 N–H and O–H groups in total. The maximum absolute atomic E-state index is 13.3. The highest BCUT2D eigenvalue weighted by molar-refractivity contribution is 6.32. The van der Waals surface area contributed by atoms with Gasteiger partial charge in [-0.3, -0.25) is 34.3 Å². The van der Waals surface area contributed by atoms with Gasteiger partial charge in [0.2, 0.25) is 17.8 Å². The van der Waals surface area contributed by atoms with Gasteiger partial charge in [-0.2, -0.15) is 5.26 Å². The largest absolute Gasteiger partial charge is 0.489 e. The van der Waals surface area contributed by atoms with E-state index in [0.717, 1.165) is 111 Å². The Balaban J connectivity index is 0.702. The summed E-state index contributed by atoms with van der Waals surface area (Å²) in [6.07, 6.45) is 4.31. The van der Waals surface area contributed by atoms with Crippen LogP contribution in [0.25, 0.3) is 0 Å². The Hall–Kier alpha value is -5.79. The van der Waals surface area contributed by atoms with Crippen LogP contribution in [0.4, 0.5) is 11.6 Å². The molecule has 0 saturated carbocycles. The second-order valence-corrected chi connectivity index (χ2v) is 19.1. The summed E-state index contributed by atoms with van der Waals surface area (Å²) in [5, 5.41) is 12.4. The number of nitrogens with one attached hydrogen (secondary N) is 1. The van der Waals surface area contributed by atoms with Crippen molar-refractivity contribution in [3.8, 4) is 17.6 Å². The van der Waals surface area contributed by atoms with E-state index < -0.39 is 29.2 Å². The summed E-state index contributed by atoms with van der Waals surface area (Å²) in [6.45, 7) is 13.3. The molecule has 15 nitrogen and oxygen atoms in total. The van der Waals surface area contributed by atoms with E-state index in [9.17, 15) is 24.4 Å². The molecule has 1 atom stereocenters. The van der Waals surface area contributed by atoms with Crippen LogP contribution in [0.5, 0.6) is 11.5 Å². The summed E-state index contributed by atoms with van der Waals surface area (Å²) in [7, 11) is 0. The number of piperazine rings is 1. The van der Waals surface area contributed by atoms with Gasteiger partial charge in [0.1, 0.15) is 31.1 Å². The van der Waals surface area contributed by atoms with E-state index in [-0.39, 0.29) is 25.4 Å². The molecule has 1 unspecified atom stereocenters. The number of likely N-dealkylation sites (tertiary alicyclic amines) is 1. The van der Waals surface area contributed by atoms with Crippen LogP contribution in [0.3, 0.4) is 0 Å². The molecule has 0 bridgehead atoms. The Morgan fingerprint density at radius 3 is 2.30 bits per heavy atom. The maximum atomic E-state index is 13.3. The standard InChI is InChI=1S/C49H53Cl2N9O6/c1-49(2,34-23-32(26-52)44(41(51)24-34)65-22-14-50)33-3-6-38(7-4-33)66-30-35-11-15-53-48(54-35)58-20-18-57(19-21-58)36-12-16-56(17-13-36)27-31-28-59(29-31)37-5-8-39-40(25-37)47(64)60(46(39)63)42-9-10-43(61)55-45(42)62/h3-8,11,15,23-25,31,36,42H,9-10,12-14,16-22,27-30H2,1-2H3,(H,55,61,62). The normalized spacial score (nSPS) is 20.0. The highest BCUT2D eigenvalue weighted by Crippen LogP contribution is 2.39. The van der Waals surface area contributed by atoms with Crippen LogP contribution in [0, 0.1) is 17.2 Å². The van der Waals surface area contributed by atoms with Gasteiger partial charge in [0.05, 0.1) is 33.3 Å².